The fourth-order valence-electron chi connectivity index (χ4n) is 3.32. The summed E-state index contributed by atoms with van der Waals surface area (Å²) in [5, 5.41) is 2.21. The third-order valence-corrected chi connectivity index (χ3v) is 7.03. The van der Waals surface area contributed by atoms with Crippen LogP contribution in [0.3, 0.4) is 0 Å². The van der Waals surface area contributed by atoms with Gasteiger partial charge in [0.15, 0.2) is 17.7 Å². The molecule has 0 bridgehead atoms. The summed E-state index contributed by atoms with van der Waals surface area (Å²) >= 11 is 0. The summed E-state index contributed by atoms with van der Waals surface area (Å²) in [6.45, 7) is 14.9. The van der Waals surface area contributed by atoms with Crippen molar-refractivity contribution in [3.8, 4) is 5.75 Å². The first-order valence-electron chi connectivity index (χ1n) is 14.6. The maximum atomic E-state index is 14.2. The van der Waals surface area contributed by atoms with Crippen molar-refractivity contribution in [2.24, 2.45) is 0 Å². The van der Waals surface area contributed by atoms with Crippen LogP contribution in [-0.2, 0) is 33.2 Å². The van der Waals surface area contributed by atoms with Crippen molar-refractivity contribution in [1.82, 2.24) is 5.32 Å². The summed E-state index contributed by atoms with van der Waals surface area (Å²) in [6.07, 6.45) is 0.179. The van der Waals surface area contributed by atoms with E-state index in [0.717, 1.165) is 0 Å². The number of hydrogen-bond acceptors (Lipinski definition) is 9. The van der Waals surface area contributed by atoms with E-state index >= 15 is 0 Å². The number of esters is 1. The molecule has 14 heteroatoms. The van der Waals surface area contributed by atoms with Crippen LogP contribution in [0.2, 0.25) is 0 Å². The predicted molar refractivity (Wildman–Crippen MR) is 157 cm³/mol. The molecule has 0 saturated carbocycles. The van der Waals surface area contributed by atoms with Crippen LogP contribution in [0.25, 0.3) is 0 Å². The molecule has 0 aliphatic rings. The lowest BCUT2D eigenvalue weighted by molar-refractivity contribution is -0.139. The van der Waals surface area contributed by atoms with Crippen molar-refractivity contribution in [3.05, 3.63) is 29.3 Å². The molecule has 1 N–H and O–H groups in total. The minimum atomic E-state index is -1.92. The molecule has 0 unspecified atom stereocenters. The molecule has 0 heterocycles. The number of hydrogen-bond donors (Lipinski definition) is 1. The van der Waals surface area contributed by atoms with Gasteiger partial charge >= 0.3 is 12.1 Å². The van der Waals surface area contributed by atoms with Crippen molar-refractivity contribution in [1.29, 1.82) is 0 Å². The quantitative estimate of drug-likeness (QED) is 0.0606. The van der Waals surface area contributed by atoms with Gasteiger partial charge in [-0.1, -0.05) is 0 Å². The second-order valence-corrected chi connectivity index (χ2v) is 13.0. The maximum absolute atomic E-state index is 14.2. The molecule has 0 saturated heterocycles. The summed E-state index contributed by atoms with van der Waals surface area (Å²) in [5.74, 6) is -10.4. The van der Waals surface area contributed by atoms with Crippen molar-refractivity contribution in [3.63, 3.8) is 0 Å². The zero-order valence-electron chi connectivity index (χ0n) is 28.0. The van der Waals surface area contributed by atoms with Crippen molar-refractivity contribution >= 4 is 12.1 Å². The van der Waals surface area contributed by atoms with E-state index < -0.39 is 70.5 Å². The number of halogens is 4. The molecular formula is C31H49F4NO9. The highest BCUT2D eigenvalue weighted by atomic mass is 19.2. The van der Waals surface area contributed by atoms with E-state index in [1.54, 1.807) is 14.2 Å². The zero-order valence-corrected chi connectivity index (χ0v) is 28.0. The lowest BCUT2D eigenvalue weighted by Gasteiger charge is -2.31. The van der Waals surface area contributed by atoms with Gasteiger partial charge in [0, 0.05) is 33.3 Å². The van der Waals surface area contributed by atoms with E-state index in [1.165, 1.54) is 0 Å². The molecule has 10 nitrogen and oxygen atoms in total. The van der Waals surface area contributed by atoms with Crippen LogP contribution < -0.4 is 10.1 Å². The average Bonchev–Trinajstić information content (AvgIpc) is 2.94. The Morgan fingerprint density at radius 2 is 1.24 bits per heavy atom. The van der Waals surface area contributed by atoms with Gasteiger partial charge in [-0.25, -0.2) is 18.4 Å². The second kappa shape index (κ2) is 17.4. The van der Waals surface area contributed by atoms with Gasteiger partial charge in [0.05, 0.1) is 48.8 Å². The summed E-state index contributed by atoms with van der Waals surface area (Å²) < 4.78 is 93.5. The molecule has 0 spiro atoms. The Balaban J connectivity index is 2.86. The Kier molecular flexibility index (Phi) is 15.7. The summed E-state index contributed by atoms with van der Waals surface area (Å²) in [6, 6.07) is -1.70. The molecule has 1 rings (SSSR count). The third kappa shape index (κ3) is 15.1. The van der Waals surface area contributed by atoms with Gasteiger partial charge in [-0.3, -0.25) is 0 Å². The van der Waals surface area contributed by atoms with Gasteiger partial charge in [-0.2, -0.15) is 8.78 Å². The molecule has 0 aliphatic heterocycles. The molecular weight excluding hydrogens is 606 g/mol. The maximum Gasteiger partial charge on any atom is 0.407 e. The topological polar surface area (TPSA) is 111 Å². The van der Waals surface area contributed by atoms with E-state index in [1.807, 2.05) is 55.4 Å². The Morgan fingerprint density at radius 3 is 1.80 bits per heavy atom. The lowest BCUT2D eigenvalue weighted by Crippen LogP contribution is -2.47. The largest absolute Gasteiger partial charge is 0.449 e. The number of ether oxygens (including phenoxy) is 7. The number of methoxy groups -OCH3 is 2. The number of amides is 1. The molecule has 1 aromatic rings. The first-order chi connectivity index (χ1) is 20.6. The molecule has 45 heavy (non-hydrogen) atoms. The van der Waals surface area contributed by atoms with Crippen LogP contribution in [0.1, 0.15) is 74.7 Å². The van der Waals surface area contributed by atoms with Gasteiger partial charge in [-0.15, -0.1) is 0 Å². The Labute approximate surface area is 263 Å². The van der Waals surface area contributed by atoms with Gasteiger partial charge in [0.1, 0.15) is 0 Å². The average molecular weight is 656 g/mol. The Morgan fingerprint density at radius 1 is 0.733 bits per heavy atom. The minimum absolute atomic E-state index is 0.0283. The van der Waals surface area contributed by atoms with E-state index in [9.17, 15) is 27.2 Å². The molecule has 1 aromatic carbocycles. The number of nitrogens with one attached hydrogen (secondary N) is 1. The van der Waals surface area contributed by atoms with E-state index in [4.69, 9.17) is 28.4 Å². The third-order valence-electron chi connectivity index (χ3n) is 7.03. The normalized spacial score (nSPS) is 13.5. The highest BCUT2D eigenvalue weighted by Gasteiger charge is 2.30. The minimum Gasteiger partial charge on any atom is -0.449 e. The van der Waals surface area contributed by atoms with Crippen LogP contribution in [0.15, 0.2) is 6.07 Å². The molecule has 1 amide bonds. The molecule has 260 valence electrons. The van der Waals surface area contributed by atoms with Crippen molar-refractivity contribution < 1.29 is 60.3 Å². The number of benzene rings is 1. The van der Waals surface area contributed by atoms with Gasteiger partial charge in [-0.05, 0) is 68.2 Å². The van der Waals surface area contributed by atoms with Gasteiger partial charge < -0.3 is 38.5 Å². The number of rotatable bonds is 20. The van der Waals surface area contributed by atoms with E-state index in [2.05, 4.69) is 10.1 Å². The fourth-order valence-corrected chi connectivity index (χ4v) is 3.32. The predicted octanol–water partition coefficient (Wildman–Crippen LogP) is 5.87. The summed E-state index contributed by atoms with van der Waals surface area (Å²) in [4.78, 5) is 25.4. The van der Waals surface area contributed by atoms with Gasteiger partial charge in [0.25, 0.3) is 0 Å². The monoisotopic (exact) mass is 655 g/mol. The smallest absolute Gasteiger partial charge is 0.407 e. The van der Waals surface area contributed by atoms with Crippen molar-refractivity contribution in [2.75, 3.05) is 47.3 Å². The van der Waals surface area contributed by atoms with Gasteiger partial charge in [0.2, 0.25) is 17.4 Å². The Bertz CT molecular complexity index is 1090. The van der Waals surface area contributed by atoms with Crippen molar-refractivity contribution in [2.45, 2.75) is 103 Å². The number of carbonyl (C=O) groups excluding carboxylic acids is 2. The molecule has 0 aromatic heterocycles. The summed E-state index contributed by atoms with van der Waals surface area (Å²) in [5.41, 5.74) is -2.24. The number of alkyl carbamates (subject to hydrolysis) is 1. The summed E-state index contributed by atoms with van der Waals surface area (Å²) in [7, 11) is 3.17. The molecule has 1 atom stereocenters. The fraction of sp³-hybridized carbons (Fsp3) is 0.742. The van der Waals surface area contributed by atoms with E-state index in [-0.39, 0.29) is 37.9 Å². The molecule has 0 aliphatic carbocycles. The standard InChI is InChI=1S/C31H49F4NO9/c1-28(2,39-9)13-16-43-29(3,4)12-15-42-27(38)36-22(18-41-14-11-30(5,6)44-19-31(7,8)40-10)26(37)45-25-23(34)20(32)17-21(33)24(25)35/h17,22H,11-16,18-19H2,1-10H3,(H,36,38)/t22-/m0/s1. The highest BCUT2D eigenvalue weighted by molar-refractivity contribution is 5.83. The van der Waals surface area contributed by atoms with Crippen LogP contribution in [0, 0.1) is 23.3 Å². The Hall–Kier alpha value is -2.52. The van der Waals surface area contributed by atoms with Crippen LogP contribution >= 0.6 is 0 Å². The second-order valence-electron chi connectivity index (χ2n) is 13.0. The number of carbonyl (C=O) groups is 2. The van der Waals surface area contributed by atoms with Crippen LogP contribution in [-0.4, -0.2) is 87.8 Å². The van der Waals surface area contributed by atoms with E-state index in [0.29, 0.717) is 19.4 Å². The van der Waals surface area contributed by atoms with Crippen LogP contribution in [0.5, 0.6) is 5.75 Å². The zero-order chi connectivity index (χ0) is 34.6. The first-order valence-corrected chi connectivity index (χ1v) is 14.6. The lowest BCUT2D eigenvalue weighted by atomic mass is 10.0. The first kappa shape index (κ1) is 40.5. The highest BCUT2D eigenvalue weighted by Crippen LogP contribution is 2.27. The SMILES string of the molecule is COC(C)(C)CCOC(C)(C)CCOC(=O)N[C@@H](COCCC(C)(C)OCC(C)(C)OC)C(=O)Oc1c(F)c(F)cc(F)c1F. The molecule has 0 radical (unpaired) electrons. The molecule has 0 fully saturated rings. The van der Waals surface area contributed by atoms with Crippen LogP contribution in [0.4, 0.5) is 22.4 Å².